The van der Waals surface area contributed by atoms with Gasteiger partial charge in [0.2, 0.25) is 5.91 Å². The summed E-state index contributed by atoms with van der Waals surface area (Å²) in [6.07, 6.45) is 1.52. The third-order valence-corrected chi connectivity index (χ3v) is 9.62. The van der Waals surface area contributed by atoms with E-state index < -0.39 is 8.80 Å². The molecule has 0 spiro atoms. The first-order chi connectivity index (χ1) is 18.5. The molecule has 1 amide bonds. The second-order valence-electron chi connectivity index (χ2n) is 10.3. The van der Waals surface area contributed by atoms with Crippen molar-refractivity contribution in [3.05, 3.63) is 46.5 Å². The Morgan fingerprint density at radius 1 is 1.03 bits per heavy atom. The molecule has 0 fully saturated rings. The minimum absolute atomic E-state index is 0.0453. The quantitative estimate of drug-likeness (QED) is 0.191. The molecule has 0 saturated heterocycles. The maximum absolute atomic E-state index is 12.7. The number of nitrogens with one attached hydrogen (secondary N) is 1. The van der Waals surface area contributed by atoms with Gasteiger partial charge in [0.15, 0.2) is 0 Å². The van der Waals surface area contributed by atoms with E-state index in [1.165, 1.54) is 4.80 Å². The molecule has 2 aromatic carbocycles. The Hall–Kier alpha value is -2.50. The molecule has 1 heterocycles. The average molecular weight is 577 g/mol. The molecule has 1 aromatic heterocycles. The van der Waals surface area contributed by atoms with Crippen molar-refractivity contribution in [2.24, 2.45) is 0 Å². The van der Waals surface area contributed by atoms with Gasteiger partial charge in [0.05, 0.1) is 0 Å². The van der Waals surface area contributed by atoms with E-state index >= 15 is 0 Å². The Bertz CT molecular complexity index is 1240. The Kier molecular flexibility index (Phi) is 10.9. The second kappa shape index (κ2) is 13.7. The van der Waals surface area contributed by atoms with Crippen LogP contribution in [0.15, 0.2) is 30.3 Å². The lowest BCUT2D eigenvalue weighted by Crippen LogP contribution is -2.46. The van der Waals surface area contributed by atoms with Crippen LogP contribution in [0.3, 0.4) is 0 Å². The van der Waals surface area contributed by atoms with Crippen molar-refractivity contribution in [3.8, 4) is 11.4 Å². The lowest BCUT2D eigenvalue weighted by molar-refractivity contribution is -0.121. The summed E-state index contributed by atoms with van der Waals surface area (Å²) >= 11 is 6.12. The maximum atomic E-state index is 12.7. The van der Waals surface area contributed by atoms with Gasteiger partial charge in [0.1, 0.15) is 22.5 Å². The van der Waals surface area contributed by atoms with E-state index in [9.17, 15) is 9.90 Å². The molecular formula is C28H41ClN4O5Si. The summed E-state index contributed by atoms with van der Waals surface area (Å²) in [5.41, 5.74) is 3.12. The van der Waals surface area contributed by atoms with Crippen molar-refractivity contribution in [3.63, 3.8) is 0 Å². The smallest absolute Gasteiger partial charge is 0.500 e. The van der Waals surface area contributed by atoms with E-state index in [0.29, 0.717) is 73.4 Å². The SMILES string of the molecule is CCO[Si](CCCNC(=O)CCc1cc(-n2nc3ccc(Cl)cc3n2)c(O)c(C(C)(C)C)c1)(OCC)OCC. The first-order valence-corrected chi connectivity index (χ1v) is 15.9. The number of hydrogen-bond acceptors (Lipinski definition) is 7. The van der Waals surface area contributed by atoms with Crippen molar-refractivity contribution in [2.75, 3.05) is 26.4 Å². The van der Waals surface area contributed by atoms with Gasteiger partial charge in [0, 0.05) is 49.4 Å². The Morgan fingerprint density at radius 2 is 1.67 bits per heavy atom. The van der Waals surface area contributed by atoms with Gasteiger partial charge < -0.3 is 23.7 Å². The van der Waals surface area contributed by atoms with Crippen molar-refractivity contribution in [2.45, 2.75) is 72.3 Å². The summed E-state index contributed by atoms with van der Waals surface area (Å²) in [5.74, 6) is 0.0728. The fourth-order valence-corrected chi connectivity index (χ4v) is 7.20. The lowest BCUT2D eigenvalue weighted by atomic mass is 9.84. The van der Waals surface area contributed by atoms with E-state index in [1.54, 1.807) is 18.2 Å². The third kappa shape index (κ3) is 8.25. The van der Waals surface area contributed by atoms with Gasteiger partial charge >= 0.3 is 8.80 Å². The van der Waals surface area contributed by atoms with E-state index in [2.05, 4.69) is 15.5 Å². The minimum Gasteiger partial charge on any atom is -0.505 e. The molecule has 0 bridgehead atoms. The van der Waals surface area contributed by atoms with Crippen LogP contribution in [0.4, 0.5) is 0 Å². The topological polar surface area (TPSA) is 108 Å². The van der Waals surface area contributed by atoms with Gasteiger partial charge in [-0.05, 0) is 68.9 Å². The molecule has 9 nitrogen and oxygen atoms in total. The van der Waals surface area contributed by atoms with Crippen LogP contribution in [-0.2, 0) is 29.9 Å². The number of aromatic nitrogens is 3. The highest BCUT2D eigenvalue weighted by atomic mass is 35.5. The number of nitrogens with zero attached hydrogens (tertiary/aromatic N) is 3. The standard InChI is InChI=1S/C28H41ClN4O5Si/c1-7-36-39(37-8-2,38-9-3)16-10-15-30-26(34)14-11-20-17-22(28(4,5)6)27(35)25(18-20)33-31-23-13-12-21(29)19-24(23)32-33/h12-13,17-19,35H,7-11,14-16H2,1-6H3,(H,30,34). The molecular weight excluding hydrogens is 536 g/mol. The first kappa shape index (κ1) is 31.0. The van der Waals surface area contributed by atoms with Crippen molar-refractivity contribution in [1.29, 1.82) is 0 Å². The van der Waals surface area contributed by atoms with Gasteiger partial charge in [-0.2, -0.15) is 0 Å². The van der Waals surface area contributed by atoms with Gasteiger partial charge in [-0.1, -0.05) is 38.4 Å². The van der Waals surface area contributed by atoms with E-state index in [4.69, 9.17) is 24.9 Å². The number of amides is 1. The van der Waals surface area contributed by atoms with Crippen LogP contribution in [0.2, 0.25) is 11.1 Å². The number of halogens is 1. The summed E-state index contributed by atoms with van der Waals surface area (Å²) in [4.78, 5) is 14.1. The highest BCUT2D eigenvalue weighted by molar-refractivity contribution is 6.60. The number of fused-ring (bicyclic) bond motifs is 1. The van der Waals surface area contributed by atoms with Crippen LogP contribution in [-0.4, -0.2) is 61.2 Å². The summed E-state index contributed by atoms with van der Waals surface area (Å²) in [6, 6.07) is 9.73. The fourth-order valence-electron chi connectivity index (χ4n) is 4.42. The van der Waals surface area contributed by atoms with Crippen LogP contribution in [0.5, 0.6) is 5.75 Å². The highest BCUT2D eigenvalue weighted by Gasteiger charge is 2.39. The largest absolute Gasteiger partial charge is 0.505 e. The summed E-state index contributed by atoms with van der Waals surface area (Å²) < 4.78 is 17.7. The fraction of sp³-hybridized carbons (Fsp3) is 0.536. The summed E-state index contributed by atoms with van der Waals surface area (Å²) in [6.45, 7) is 14.0. The number of phenolic OH excluding ortho intramolecular Hbond substituents is 1. The molecule has 0 atom stereocenters. The minimum atomic E-state index is -2.72. The van der Waals surface area contributed by atoms with Crippen molar-refractivity contribution >= 4 is 37.3 Å². The monoisotopic (exact) mass is 576 g/mol. The van der Waals surface area contributed by atoms with Crippen molar-refractivity contribution < 1.29 is 23.2 Å². The maximum Gasteiger partial charge on any atom is 0.500 e. The molecule has 0 aliphatic carbocycles. The Balaban J connectivity index is 1.69. The molecule has 214 valence electrons. The summed E-state index contributed by atoms with van der Waals surface area (Å²) in [5, 5.41) is 23.8. The zero-order chi connectivity index (χ0) is 28.6. The van der Waals surface area contributed by atoms with Crippen LogP contribution in [0, 0.1) is 0 Å². The van der Waals surface area contributed by atoms with Gasteiger partial charge in [0.25, 0.3) is 0 Å². The van der Waals surface area contributed by atoms with E-state index in [1.807, 2.05) is 53.7 Å². The number of aromatic hydroxyl groups is 1. The number of carbonyl (C=O) groups is 1. The highest BCUT2D eigenvalue weighted by Crippen LogP contribution is 2.36. The number of rotatable bonds is 14. The number of carbonyl (C=O) groups excluding carboxylic acids is 1. The molecule has 39 heavy (non-hydrogen) atoms. The number of hydrogen-bond donors (Lipinski definition) is 2. The molecule has 0 unspecified atom stereocenters. The van der Waals surface area contributed by atoms with Crippen LogP contribution in [0.25, 0.3) is 16.7 Å². The van der Waals surface area contributed by atoms with Crippen LogP contribution in [0.1, 0.15) is 65.5 Å². The predicted molar refractivity (Wildman–Crippen MR) is 156 cm³/mol. The van der Waals surface area contributed by atoms with Gasteiger partial charge in [-0.3, -0.25) is 4.79 Å². The van der Waals surface area contributed by atoms with E-state index in [-0.39, 0.29) is 17.1 Å². The Labute approximate surface area is 237 Å². The lowest BCUT2D eigenvalue weighted by Gasteiger charge is -2.28. The average Bonchev–Trinajstić information content (AvgIpc) is 3.28. The second-order valence-corrected chi connectivity index (χ2v) is 13.5. The molecule has 0 saturated carbocycles. The zero-order valence-electron chi connectivity index (χ0n) is 23.8. The third-order valence-electron chi connectivity index (χ3n) is 6.23. The molecule has 2 N–H and O–H groups in total. The van der Waals surface area contributed by atoms with Crippen molar-refractivity contribution in [1.82, 2.24) is 20.3 Å². The zero-order valence-corrected chi connectivity index (χ0v) is 25.6. The predicted octanol–water partition coefficient (Wildman–Crippen LogP) is 5.56. The number of aryl methyl sites for hydroxylation is 1. The molecule has 0 radical (unpaired) electrons. The molecule has 11 heteroatoms. The van der Waals surface area contributed by atoms with E-state index in [0.717, 1.165) is 11.1 Å². The molecule has 0 aliphatic rings. The van der Waals surface area contributed by atoms with Gasteiger partial charge in [-0.25, -0.2) is 0 Å². The molecule has 3 aromatic rings. The number of phenols is 1. The molecule has 0 aliphatic heterocycles. The van der Waals surface area contributed by atoms with Gasteiger partial charge in [-0.15, -0.1) is 15.0 Å². The van der Waals surface area contributed by atoms with Crippen LogP contribution >= 0.6 is 11.6 Å². The first-order valence-electron chi connectivity index (χ1n) is 13.6. The van der Waals surface area contributed by atoms with Crippen LogP contribution < -0.4 is 5.32 Å². The molecule has 3 rings (SSSR count). The Morgan fingerprint density at radius 3 is 2.28 bits per heavy atom. The number of benzene rings is 2. The normalized spacial score (nSPS) is 12.3. The summed E-state index contributed by atoms with van der Waals surface area (Å²) in [7, 11) is -2.72.